The molecule has 0 saturated heterocycles. The lowest BCUT2D eigenvalue weighted by molar-refractivity contribution is 0.133. The molecule has 0 amide bonds. The fourth-order valence-electron chi connectivity index (χ4n) is 2.23. The van der Waals surface area contributed by atoms with Crippen LogP contribution in [0.2, 0.25) is 0 Å². The second-order valence-electron chi connectivity index (χ2n) is 5.10. The van der Waals surface area contributed by atoms with Crippen LogP contribution in [0.15, 0.2) is 48.5 Å². The average molecular weight is 285 g/mol. The normalized spacial score (nSPS) is 12.3. The van der Waals surface area contributed by atoms with E-state index in [0.717, 1.165) is 18.7 Å². The topological polar surface area (TPSA) is 41.5 Å². The van der Waals surface area contributed by atoms with Gasteiger partial charge in [-0.25, -0.2) is 0 Å². The first-order valence-corrected chi connectivity index (χ1v) is 7.37. The van der Waals surface area contributed by atoms with E-state index >= 15 is 0 Å². The Labute approximate surface area is 126 Å². The van der Waals surface area contributed by atoms with Crippen LogP contribution < -0.4 is 5.32 Å². The number of rotatable bonds is 7. The van der Waals surface area contributed by atoms with Crippen molar-refractivity contribution >= 4 is 0 Å². The number of benzene rings is 2. The Hall–Kier alpha value is -1.84. The van der Waals surface area contributed by atoms with Crippen molar-refractivity contribution in [3.63, 3.8) is 0 Å². The van der Waals surface area contributed by atoms with Crippen LogP contribution in [0.5, 0.6) is 5.75 Å². The Balaban J connectivity index is 1.97. The molecule has 0 aromatic heterocycles. The summed E-state index contributed by atoms with van der Waals surface area (Å²) in [6.45, 7) is 6.31. The number of ether oxygens (including phenoxy) is 1. The highest BCUT2D eigenvalue weighted by Gasteiger charge is 2.07. The predicted octanol–water partition coefficient (Wildman–Crippen LogP) is 3.78. The molecule has 0 saturated carbocycles. The number of phenolic OH excluding ortho intramolecular Hbond substituents is 1. The highest BCUT2D eigenvalue weighted by atomic mass is 16.5. The Morgan fingerprint density at radius 1 is 1.05 bits per heavy atom. The van der Waals surface area contributed by atoms with Gasteiger partial charge in [-0.3, -0.25) is 0 Å². The highest BCUT2D eigenvalue weighted by Crippen LogP contribution is 2.18. The third-order valence-electron chi connectivity index (χ3n) is 3.57. The molecule has 0 fully saturated rings. The quantitative estimate of drug-likeness (QED) is 0.813. The van der Waals surface area contributed by atoms with E-state index in [-0.39, 0.29) is 6.04 Å². The van der Waals surface area contributed by atoms with Crippen LogP contribution in [-0.4, -0.2) is 11.7 Å². The maximum absolute atomic E-state index is 9.33. The smallest absolute Gasteiger partial charge is 0.115 e. The van der Waals surface area contributed by atoms with E-state index < -0.39 is 0 Å². The van der Waals surface area contributed by atoms with Gasteiger partial charge >= 0.3 is 0 Å². The number of hydrogen-bond acceptors (Lipinski definition) is 3. The molecule has 0 aliphatic carbocycles. The second kappa shape index (κ2) is 7.81. The minimum Gasteiger partial charge on any atom is -0.508 e. The van der Waals surface area contributed by atoms with Gasteiger partial charge in [0, 0.05) is 19.2 Å². The molecular formula is C18H23NO2. The van der Waals surface area contributed by atoms with Crippen LogP contribution in [-0.2, 0) is 17.9 Å². The number of hydrogen-bond donors (Lipinski definition) is 2. The Morgan fingerprint density at radius 2 is 1.71 bits per heavy atom. The lowest BCUT2D eigenvalue weighted by Gasteiger charge is -2.16. The van der Waals surface area contributed by atoms with Gasteiger partial charge in [0.25, 0.3) is 0 Å². The van der Waals surface area contributed by atoms with E-state index in [2.05, 4.69) is 30.4 Å². The van der Waals surface area contributed by atoms with Gasteiger partial charge in [0.15, 0.2) is 0 Å². The molecule has 1 atom stereocenters. The molecule has 2 aromatic carbocycles. The van der Waals surface area contributed by atoms with Gasteiger partial charge in [0.05, 0.1) is 6.61 Å². The lowest BCUT2D eigenvalue weighted by Crippen LogP contribution is -2.19. The van der Waals surface area contributed by atoms with E-state index in [9.17, 15) is 5.11 Å². The van der Waals surface area contributed by atoms with E-state index in [1.807, 2.05) is 25.1 Å². The molecule has 0 heterocycles. The summed E-state index contributed by atoms with van der Waals surface area (Å²) < 4.78 is 5.51. The summed E-state index contributed by atoms with van der Waals surface area (Å²) in [5.74, 6) is 0.299. The molecule has 2 aromatic rings. The summed E-state index contributed by atoms with van der Waals surface area (Å²) in [7, 11) is 0. The van der Waals surface area contributed by atoms with Gasteiger partial charge in [-0.15, -0.1) is 0 Å². The Morgan fingerprint density at radius 3 is 2.38 bits per heavy atom. The largest absolute Gasteiger partial charge is 0.508 e. The molecule has 0 radical (unpaired) electrons. The van der Waals surface area contributed by atoms with Gasteiger partial charge in [-0.2, -0.15) is 0 Å². The number of nitrogens with one attached hydrogen (secondary N) is 1. The first-order chi connectivity index (χ1) is 10.2. The van der Waals surface area contributed by atoms with Crippen LogP contribution in [0.3, 0.4) is 0 Å². The summed E-state index contributed by atoms with van der Waals surface area (Å²) in [5.41, 5.74) is 3.65. The molecule has 2 N–H and O–H groups in total. The van der Waals surface area contributed by atoms with Crippen LogP contribution in [0.4, 0.5) is 0 Å². The van der Waals surface area contributed by atoms with Gasteiger partial charge in [-0.1, -0.05) is 36.4 Å². The summed E-state index contributed by atoms with van der Waals surface area (Å²) in [5, 5.41) is 12.8. The summed E-state index contributed by atoms with van der Waals surface area (Å²) in [6.07, 6.45) is 0. The third kappa shape index (κ3) is 4.59. The van der Waals surface area contributed by atoms with Crippen molar-refractivity contribution in [2.24, 2.45) is 0 Å². The predicted molar refractivity (Wildman–Crippen MR) is 85.1 cm³/mol. The van der Waals surface area contributed by atoms with Crippen molar-refractivity contribution in [1.29, 1.82) is 0 Å². The van der Waals surface area contributed by atoms with E-state index in [0.29, 0.717) is 12.4 Å². The van der Waals surface area contributed by atoms with Crippen LogP contribution in [0, 0.1) is 0 Å². The second-order valence-corrected chi connectivity index (χ2v) is 5.10. The van der Waals surface area contributed by atoms with Gasteiger partial charge < -0.3 is 15.2 Å². The molecule has 112 valence electrons. The maximum Gasteiger partial charge on any atom is 0.115 e. The Kier molecular flexibility index (Phi) is 5.78. The van der Waals surface area contributed by atoms with Crippen LogP contribution >= 0.6 is 0 Å². The molecule has 3 heteroatoms. The van der Waals surface area contributed by atoms with Crippen molar-refractivity contribution < 1.29 is 9.84 Å². The fraction of sp³-hybridized carbons (Fsp3) is 0.333. The van der Waals surface area contributed by atoms with Gasteiger partial charge in [-0.05, 0) is 42.7 Å². The molecule has 0 aliphatic rings. The zero-order valence-electron chi connectivity index (χ0n) is 12.7. The highest BCUT2D eigenvalue weighted by molar-refractivity contribution is 5.29. The van der Waals surface area contributed by atoms with Crippen molar-refractivity contribution in [2.45, 2.75) is 33.0 Å². The fourth-order valence-corrected chi connectivity index (χ4v) is 2.23. The van der Waals surface area contributed by atoms with E-state index in [4.69, 9.17) is 4.74 Å². The van der Waals surface area contributed by atoms with Crippen LogP contribution in [0.25, 0.3) is 0 Å². The molecular weight excluding hydrogens is 262 g/mol. The molecule has 0 bridgehead atoms. The van der Waals surface area contributed by atoms with Crippen LogP contribution in [0.1, 0.15) is 36.6 Å². The Bertz CT molecular complexity index is 551. The van der Waals surface area contributed by atoms with Gasteiger partial charge in [0.1, 0.15) is 5.75 Å². The first kappa shape index (κ1) is 15.5. The first-order valence-electron chi connectivity index (χ1n) is 7.37. The van der Waals surface area contributed by atoms with Gasteiger partial charge in [0.2, 0.25) is 0 Å². The number of aromatic hydroxyl groups is 1. The summed E-state index contributed by atoms with van der Waals surface area (Å²) in [6, 6.07) is 15.9. The van der Waals surface area contributed by atoms with Crippen molar-refractivity contribution in [2.75, 3.05) is 6.61 Å². The third-order valence-corrected chi connectivity index (χ3v) is 3.57. The zero-order chi connectivity index (χ0) is 15.1. The molecule has 1 unspecified atom stereocenters. The van der Waals surface area contributed by atoms with E-state index in [1.54, 1.807) is 12.1 Å². The molecule has 0 spiro atoms. The lowest BCUT2D eigenvalue weighted by atomic mass is 10.1. The maximum atomic E-state index is 9.33. The average Bonchev–Trinajstić information content (AvgIpc) is 2.52. The summed E-state index contributed by atoms with van der Waals surface area (Å²) in [4.78, 5) is 0. The molecule has 2 rings (SSSR count). The zero-order valence-corrected chi connectivity index (χ0v) is 12.7. The van der Waals surface area contributed by atoms with Crippen molar-refractivity contribution in [3.8, 4) is 5.75 Å². The van der Waals surface area contributed by atoms with Crippen molar-refractivity contribution in [3.05, 3.63) is 65.2 Å². The monoisotopic (exact) mass is 285 g/mol. The minimum absolute atomic E-state index is 0.228. The van der Waals surface area contributed by atoms with Crippen molar-refractivity contribution in [1.82, 2.24) is 5.32 Å². The standard InChI is InChI=1S/C18H23NO2/c1-3-21-13-17-7-5-4-6-16(17)12-19-14(2)15-8-10-18(20)11-9-15/h4-11,14,19-20H,3,12-13H2,1-2H3. The summed E-state index contributed by atoms with van der Waals surface area (Å²) >= 11 is 0. The number of phenols is 1. The minimum atomic E-state index is 0.228. The van der Waals surface area contributed by atoms with E-state index in [1.165, 1.54) is 11.1 Å². The molecule has 3 nitrogen and oxygen atoms in total. The molecule has 21 heavy (non-hydrogen) atoms. The molecule has 0 aliphatic heterocycles. The SMILES string of the molecule is CCOCc1ccccc1CNC(C)c1ccc(O)cc1.